The third-order valence-electron chi connectivity index (χ3n) is 1.62. The lowest BCUT2D eigenvalue weighted by atomic mass is 10.1. The van der Waals surface area contributed by atoms with Gasteiger partial charge >= 0.3 is 0 Å². The summed E-state index contributed by atoms with van der Waals surface area (Å²) in [6.07, 6.45) is -2.56. The highest BCUT2D eigenvalue weighted by atomic mass is 35.5. The van der Waals surface area contributed by atoms with Crippen LogP contribution in [0, 0.1) is 0 Å². The van der Waals surface area contributed by atoms with Gasteiger partial charge in [-0.1, -0.05) is 17.7 Å². The van der Waals surface area contributed by atoms with Crippen molar-refractivity contribution in [3.63, 3.8) is 0 Å². The zero-order valence-electron chi connectivity index (χ0n) is 6.85. The lowest BCUT2D eigenvalue weighted by Crippen LogP contribution is -1.94. The van der Waals surface area contributed by atoms with Crippen LogP contribution in [-0.2, 0) is 0 Å². The molecule has 0 aliphatic carbocycles. The molecule has 0 spiro atoms. The van der Waals surface area contributed by atoms with E-state index in [-0.39, 0.29) is 21.9 Å². The fourth-order valence-corrected chi connectivity index (χ4v) is 1.27. The van der Waals surface area contributed by atoms with Gasteiger partial charge in [0.05, 0.1) is 5.02 Å². The molecule has 0 saturated carbocycles. The first-order valence-corrected chi connectivity index (χ1v) is 3.98. The average Bonchev–Trinajstić information content (AvgIpc) is 2.03. The van der Waals surface area contributed by atoms with Gasteiger partial charge in [0.15, 0.2) is 5.78 Å². The summed E-state index contributed by atoms with van der Waals surface area (Å²) in [6.45, 7) is 1.34. The number of hydrogen-bond donors (Lipinski definition) is 0. The van der Waals surface area contributed by atoms with Crippen LogP contribution in [-0.4, -0.2) is 5.78 Å². The number of carbonyl (C=O) groups excluding carboxylic acids is 1. The number of halogens is 3. The third kappa shape index (κ3) is 2.25. The molecule has 4 heteroatoms. The van der Waals surface area contributed by atoms with Crippen molar-refractivity contribution < 1.29 is 13.6 Å². The molecule has 0 N–H and O–H groups in total. The van der Waals surface area contributed by atoms with Crippen molar-refractivity contribution in [1.82, 2.24) is 0 Å². The van der Waals surface area contributed by atoms with Gasteiger partial charge in [0.2, 0.25) is 0 Å². The molecule has 0 heterocycles. The molecule has 0 aromatic heterocycles. The Kier molecular flexibility index (Phi) is 2.98. The Balaban J connectivity index is 3.13. The summed E-state index contributed by atoms with van der Waals surface area (Å²) in [5, 5.41) is 0.0744. The first-order valence-electron chi connectivity index (χ1n) is 3.61. The van der Waals surface area contributed by atoms with Gasteiger partial charge in [-0.25, -0.2) is 8.78 Å². The maximum absolute atomic E-state index is 12.1. The zero-order chi connectivity index (χ0) is 10.0. The molecule has 1 nitrogen and oxygen atoms in total. The second kappa shape index (κ2) is 3.83. The smallest absolute Gasteiger partial charge is 0.263 e. The molecule has 0 atom stereocenters. The summed E-state index contributed by atoms with van der Waals surface area (Å²) in [5.74, 6) is -0.231. The van der Waals surface area contributed by atoms with E-state index in [1.807, 2.05) is 0 Å². The van der Waals surface area contributed by atoms with Crippen LogP contribution < -0.4 is 0 Å². The van der Waals surface area contributed by atoms with E-state index in [0.717, 1.165) is 6.07 Å². The molecule has 13 heavy (non-hydrogen) atoms. The molecule has 0 bridgehead atoms. The normalized spacial score (nSPS) is 10.5. The Morgan fingerprint density at radius 2 is 2.08 bits per heavy atom. The number of rotatable bonds is 2. The molecule has 1 aromatic carbocycles. The van der Waals surface area contributed by atoms with E-state index in [4.69, 9.17) is 11.6 Å². The fourth-order valence-electron chi connectivity index (χ4n) is 0.953. The van der Waals surface area contributed by atoms with Crippen molar-refractivity contribution >= 4 is 17.4 Å². The van der Waals surface area contributed by atoms with Gasteiger partial charge in [-0.05, 0) is 19.1 Å². The molecule has 0 unspecified atom stereocenters. The van der Waals surface area contributed by atoms with Crippen molar-refractivity contribution in [2.75, 3.05) is 0 Å². The molecular formula is C9H7ClF2O. The topological polar surface area (TPSA) is 17.1 Å². The van der Waals surface area contributed by atoms with E-state index in [9.17, 15) is 13.6 Å². The maximum atomic E-state index is 12.1. The van der Waals surface area contributed by atoms with Gasteiger partial charge < -0.3 is 0 Å². The second-order valence-electron chi connectivity index (χ2n) is 2.60. The van der Waals surface area contributed by atoms with Crippen molar-refractivity contribution in [3.05, 3.63) is 34.3 Å². The first kappa shape index (κ1) is 10.1. The van der Waals surface area contributed by atoms with Crippen LogP contribution in [0.3, 0.4) is 0 Å². The summed E-state index contributed by atoms with van der Waals surface area (Å²) >= 11 is 5.61. The van der Waals surface area contributed by atoms with Gasteiger partial charge in [-0.2, -0.15) is 0 Å². The Hall–Kier alpha value is -0.960. The molecule has 70 valence electrons. The lowest BCUT2D eigenvalue weighted by Gasteiger charge is -2.03. The molecule has 0 radical (unpaired) electrons. The van der Waals surface area contributed by atoms with Crippen molar-refractivity contribution in [2.24, 2.45) is 0 Å². The van der Waals surface area contributed by atoms with E-state index in [1.165, 1.54) is 19.1 Å². The zero-order valence-corrected chi connectivity index (χ0v) is 7.61. The number of benzene rings is 1. The third-order valence-corrected chi connectivity index (χ3v) is 1.94. The van der Waals surface area contributed by atoms with Crippen LogP contribution in [0.25, 0.3) is 0 Å². The van der Waals surface area contributed by atoms with Gasteiger partial charge in [-0.15, -0.1) is 0 Å². The van der Waals surface area contributed by atoms with E-state index < -0.39 is 6.43 Å². The van der Waals surface area contributed by atoms with Crippen LogP contribution >= 0.6 is 11.6 Å². The SMILES string of the molecule is CC(=O)c1ccc(C(F)F)cc1Cl. The molecule has 0 aliphatic heterocycles. The minimum Gasteiger partial charge on any atom is -0.294 e. The van der Waals surface area contributed by atoms with Crippen LogP contribution in [0.15, 0.2) is 18.2 Å². The molecule has 1 aromatic rings. The predicted molar refractivity (Wildman–Crippen MR) is 46.4 cm³/mol. The van der Waals surface area contributed by atoms with Crippen LogP contribution in [0.1, 0.15) is 29.3 Å². The van der Waals surface area contributed by atoms with Gasteiger partial charge in [0.1, 0.15) is 0 Å². The molecule has 1 rings (SSSR count). The van der Waals surface area contributed by atoms with E-state index in [1.54, 1.807) is 0 Å². The Morgan fingerprint density at radius 3 is 2.46 bits per heavy atom. The number of carbonyl (C=O) groups is 1. The van der Waals surface area contributed by atoms with Crippen LogP contribution in [0.2, 0.25) is 5.02 Å². The minimum atomic E-state index is -2.56. The summed E-state index contributed by atoms with van der Waals surface area (Å²) in [6, 6.07) is 3.63. The number of Topliss-reactive ketones (excluding diaryl/α,β-unsaturated/α-hetero) is 1. The summed E-state index contributed by atoms with van der Waals surface area (Å²) in [5.41, 5.74) is 0.0982. The maximum Gasteiger partial charge on any atom is 0.263 e. The second-order valence-corrected chi connectivity index (χ2v) is 3.00. The highest BCUT2D eigenvalue weighted by Gasteiger charge is 2.11. The number of ketones is 1. The molecular weight excluding hydrogens is 198 g/mol. The monoisotopic (exact) mass is 204 g/mol. The van der Waals surface area contributed by atoms with Crippen molar-refractivity contribution in [1.29, 1.82) is 0 Å². The van der Waals surface area contributed by atoms with Crippen molar-refractivity contribution in [3.8, 4) is 0 Å². The van der Waals surface area contributed by atoms with Crippen LogP contribution in [0.4, 0.5) is 8.78 Å². The molecule has 0 aliphatic rings. The number of hydrogen-bond acceptors (Lipinski definition) is 1. The lowest BCUT2D eigenvalue weighted by molar-refractivity contribution is 0.101. The Bertz CT molecular complexity index is 336. The summed E-state index contributed by atoms with van der Waals surface area (Å²) in [4.78, 5) is 10.9. The quantitative estimate of drug-likeness (QED) is 0.674. The highest BCUT2D eigenvalue weighted by Crippen LogP contribution is 2.24. The van der Waals surface area contributed by atoms with Crippen molar-refractivity contribution in [2.45, 2.75) is 13.3 Å². The highest BCUT2D eigenvalue weighted by molar-refractivity contribution is 6.33. The van der Waals surface area contributed by atoms with Gasteiger partial charge in [-0.3, -0.25) is 4.79 Å². The summed E-state index contributed by atoms with van der Waals surface area (Å²) in [7, 11) is 0. The van der Waals surface area contributed by atoms with Gasteiger partial charge in [0.25, 0.3) is 6.43 Å². The van der Waals surface area contributed by atoms with E-state index in [0.29, 0.717) is 0 Å². The van der Waals surface area contributed by atoms with E-state index >= 15 is 0 Å². The van der Waals surface area contributed by atoms with Gasteiger partial charge in [0, 0.05) is 11.1 Å². The molecule has 0 fully saturated rings. The summed E-state index contributed by atoms with van der Waals surface area (Å²) < 4.78 is 24.3. The largest absolute Gasteiger partial charge is 0.294 e. The standard InChI is InChI=1S/C9H7ClF2O/c1-5(13)7-3-2-6(9(11)12)4-8(7)10/h2-4,9H,1H3. The Labute approximate surface area is 79.3 Å². The predicted octanol–water partition coefficient (Wildman–Crippen LogP) is 3.48. The molecule has 0 amide bonds. The molecule has 0 saturated heterocycles. The first-order chi connectivity index (χ1) is 6.02. The fraction of sp³-hybridized carbons (Fsp3) is 0.222. The Morgan fingerprint density at radius 1 is 1.46 bits per heavy atom. The number of alkyl halides is 2. The average molecular weight is 205 g/mol. The van der Waals surface area contributed by atoms with Crippen LogP contribution in [0.5, 0.6) is 0 Å². The minimum absolute atomic E-state index is 0.0744. The van der Waals surface area contributed by atoms with E-state index in [2.05, 4.69) is 0 Å².